The zero-order chi connectivity index (χ0) is 23.9. The van der Waals surface area contributed by atoms with Crippen LogP contribution in [0.4, 0.5) is 36.8 Å². The summed E-state index contributed by atoms with van der Waals surface area (Å²) in [5.74, 6) is 0. The van der Waals surface area contributed by atoms with Gasteiger partial charge in [-0.15, -0.1) is 0 Å². The summed E-state index contributed by atoms with van der Waals surface area (Å²) in [5, 5.41) is 6.64. The van der Waals surface area contributed by atoms with Gasteiger partial charge in [0.1, 0.15) is 5.60 Å². The Labute approximate surface area is 185 Å². The summed E-state index contributed by atoms with van der Waals surface area (Å²) in [6.07, 6.45) is -7.54. The van der Waals surface area contributed by atoms with E-state index in [0.29, 0.717) is 43.6 Å². The molecule has 1 N–H and O–H groups in total. The molecular formula is C22H19F6N3O2. The van der Waals surface area contributed by atoms with E-state index in [1.54, 1.807) is 0 Å². The SMILES string of the molecule is O=C(Nc1ccc(C(F)(F)F)cc1)N1CCC2(CC1)CC(c1ccc(C(F)(F)F)cc1)=NO2. The molecule has 0 bridgehead atoms. The number of anilines is 1. The van der Waals surface area contributed by atoms with Crippen molar-refractivity contribution in [2.75, 3.05) is 18.4 Å². The topological polar surface area (TPSA) is 53.9 Å². The zero-order valence-electron chi connectivity index (χ0n) is 17.1. The molecule has 176 valence electrons. The van der Waals surface area contributed by atoms with Crippen LogP contribution in [-0.2, 0) is 17.2 Å². The summed E-state index contributed by atoms with van der Waals surface area (Å²) < 4.78 is 76.2. The van der Waals surface area contributed by atoms with Gasteiger partial charge in [-0.3, -0.25) is 0 Å². The Kier molecular flexibility index (Phi) is 5.75. The molecule has 1 saturated heterocycles. The van der Waals surface area contributed by atoms with Crippen LogP contribution < -0.4 is 5.32 Å². The van der Waals surface area contributed by atoms with Gasteiger partial charge >= 0.3 is 18.4 Å². The molecule has 4 rings (SSSR count). The molecule has 0 aliphatic carbocycles. The minimum atomic E-state index is -4.45. The maximum absolute atomic E-state index is 12.7. The number of hydrogen-bond acceptors (Lipinski definition) is 3. The molecule has 2 aliphatic heterocycles. The number of hydrogen-bond donors (Lipinski definition) is 1. The lowest BCUT2D eigenvalue weighted by Gasteiger charge is -2.37. The van der Waals surface area contributed by atoms with Gasteiger partial charge in [-0.1, -0.05) is 17.3 Å². The number of nitrogens with one attached hydrogen (secondary N) is 1. The van der Waals surface area contributed by atoms with E-state index in [4.69, 9.17) is 4.84 Å². The van der Waals surface area contributed by atoms with Crippen LogP contribution in [0.25, 0.3) is 0 Å². The number of rotatable bonds is 2. The minimum Gasteiger partial charge on any atom is -0.388 e. The summed E-state index contributed by atoms with van der Waals surface area (Å²) in [4.78, 5) is 19.7. The summed E-state index contributed by atoms with van der Waals surface area (Å²) >= 11 is 0. The third-order valence-corrected chi connectivity index (χ3v) is 5.81. The number of halogens is 6. The van der Waals surface area contributed by atoms with E-state index in [2.05, 4.69) is 10.5 Å². The molecule has 0 atom stereocenters. The number of likely N-dealkylation sites (tertiary alicyclic amines) is 1. The Morgan fingerprint density at radius 3 is 1.91 bits per heavy atom. The molecule has 33 heavy (non-hydrogen) atoms. The third kappa shape index (κ3) is 5.07. The summed E-state index contributed by atoms with van der Waals surface area (Å²) in [6, 6.07) is 8.45. The van der Waals surface area contributed by atoms with E-state index >= 15 is 0 Å². The molecule has 0 unspecified atom stereocenters. The highest BCUT2D eigenvalue weighted by atomic mass is 19.4. The van der Waals surface area contributed by atoms with Crippen LogP contribution >= 0.6 is 0 Å². The van der Waals surface area contributed by atoms with Crippen LogP contribution in [0.3, 0.4) is 0 Å². The second kappa shape index (κ2) is 8.27. The van der Waals surface area contributed by atoms with E-state index in [1.165, 1.54) is 29.2 Å². The number of oxime groups is 1. The van der Waals surface area contributed by atoms with Gasteiger partial charge in [0.05, 0.1) is 16.8 Å². The van der Waals surface area contributed by atoms with Gasteiger partial charge in [-0.25, -0.2) is 4.79 Å². The van der Waals surface area contributed by atoms with Gasteiger partial charge < -0.3 is 15.1 Å². The van der Waals surface area contributed by atoms with Crippen LogP contribution in [0.1, 0.15) is 36.0 Å². The fraction of sp³-hybridized carbons (Fsp3) is 0.364. The van der Waals surface area contributed by atoms with Crippen molar-refractivity contribution in [3.8, 4) is 0 Å². The van der Waals surface area contributed by atoms with Gasteiger partial charge in [0.25, 0.3) is 0 Å². The Hall–Kier alpha value is -3.24. The van der Waals surface area contributed by atoms with Crippen molar-refractivity contribution in [3.05, 3.63) is 65.2 Å². The average molecular weight is 471 g/mol. The first-order valence-electron chi connectivity index (χ1n) is 10.1. The number of alkyl halides is 6. The Morgan fingerprint density at radius 2 is 1.39 bits per heavy atom. The summed E-state index contributed by atoms with van der Waals surface area (Å²) in [5.41, 5.74) is -0.842. The number of amides is 2. The molecular weight excluding hydrogens is 452 g/mol. The molecule has 5 nitrogen and oxygen atoms in total. The fourth-order valence-electron chi connectivity index (χ4n) is 3.86. The number of urea groups is 1. The maximum atomic E-state index is 12.7. The van der Waals surface area contributed by atoms with Crippen LogP contribution in [0.15, 0.2) is 53.7 Å². The Bertz CT molecular complexity index is 1040. The largest absolute Gasteiger partial charge is 0.416 e. The van der Waals surface area contributed by atoms with E-state index in [-0.39, 0.29) is 5.69 Å². The highest BCUT2D eigenvalue weighted by Crippen LogP contribution is 2.37. The van der Waals surface area contributed by atoms with Crippen molar-refractivity contribution in [3.63, 3.8) is 0 Å². The van der Waals surface area contributed by atoms with Crippen LogP contribution in [0.2, 0.25) is 0 Å². The first-order valence-corrected chi connectivity index (χ1v) is 10.1. The van der Waals surface area contributed by atoms with E-state index in [1.807, 2.05) is 0 Å². The molecule has 2 amide bonds. The standard InChI is InChI=1S/C22H19F6N3O2/c23-21(24,25)15-3-1-14(2-4-15)18-13-20(33-30-18)9-11-31(12-10-20)19(32)29-17-7-5-16(6-8-17)22(26,27)28/h1-8H,9-13H2,(H,29,32). The van der Waals surface area contributed by atoms with Crippen molar-refractivity contribution in [1.29, 1.82) is 0 Å². The maximum Gasteiger partial charge on any atom is 0.416 e. The van der Waals surface area contributed by atoms with Crippen molar-refractivity contribution in [1.82, 2.24) is 4.90 Å². The Balaban J connectivity index is 1.31. The normalized spacial score (nSPS) is 18.1. The van der Waals surface area contributed by atoms with E-state index in [9.17, 15) is 31.1 Å². The van der Waals surface area contributed by atoms with Crippen LogP contribution in [0.5, 0.6) is 0 Å². The number of carbonyl (C=O) groups is 1. The smallest absolute Gasteiger partial charge is 0.388 e. The van der Waals surface area contributed by atoms with Crippen molar-refractivity contribution in [2.45, 2.75) is 37.2 Å². The van der Waals surface area contributed by atoms with Gasteiger partial charge in [0.2, 0.25) is 0 Å². The van der Waals surface area contributed by atoms with E-state index in [0.717, 1.165) is 24.3 Å². The molecule has 0 aromatic heterocycles. The van der Waals surface area contributed by atoms with Gasteiger partial charge in [0.15, 0.2) is 0 Å². The Morgan fingerprint density at radius 1 is 0.879 bits per heavy atom. The molecule has 1 spiro atoms. The van der Waals surface area contributed by atoms with Crippen molar-refractivity contribution < 1.29 is 36.0 Å². The lowest BCUT2D eigenvalue weighted by Crippen LogP contribution is -2.48. The van der Waals surface area contributed by atoms with Gasteiger partial charge in [-0.05, 0) is 42.0 Å². The molecule has 2 heterocycles. The predicted molar refractivity (Wildman–Crippen MR) is 108 cm³/mol. The lowest BCUT2D eigenvalue weighted by atomic mass is 9.85. The molecule has 1 fully saturated rings. The third-order valence-electron chi connectivity index (χ3n) is 5.81. The van der Waals surface area contributed by atoms with Gasteiger partial charge in [-0.2, -0.15) is 26.3 Å². The first kappa shape index (κ1) is 22.9. The molecule has 11 heteroatoms. The first-order chi connectivity index (χ1) is 15.5. The average Bonchev–Trinajstić information content (AvgIpc) is 3.17. The quantitative estimate of drug-likeness (QED) is 0.554. The lowest BCUT2D eigenvalue weighted by molar-refractivity contribution is -0.138. The second-order valence-electron chi connectivity index (χ2n) is 8.06. The minimum absolute atomic E-state index is 0.248. The summed E-state index contributed by atoms with van der Waals surface area (Å²) in [7, 11) is 0. The van der Waals surface area contributed by atoms with Crippen LogP contribution in [-0.4, -0.2) is 35.3 Å². The highest BCUT2D eigenvalue weighted by molar-refractivity contribution is 6.01. The fourth-order valence-corrected chi connectivity index (χ4v) is 3.86. The predicted octanol–water partition coefficient (Wildman–Crippen LogP) is 5.92. The van der Waals surface area contributed by atoms with Crippen molar-refractivity contribution >= 4 is 17.4 Å². The monoisotopic (exact) mass is 471 g/mol. The number of benzene rings is 2. The van der Waals surface area contributed by atoms with Crippen molar-refractivity contribution in [2.24, 2.45) is 5.16 Å². The molecule has 2 aromatic rings. The molecule has 2 aromatic carbocycles. The van der Waals surface area contributed by atoms with Gasteiger partial charge in [0, 0.05) is 38.0 Å². The highest BCUT2D eigenvalue weighted by Gasteiger charge is 2.43. The number of nitrogens with zero attached hydrogens (tertiary/aromatic N) is 2. The zero-order valence-corrected chi connectivity index (χ0v) is 17.1. The molecule has 2 aliphatic rings. The second-order valence-corrected chi connectivity index (χ2v) is 8.06. The number of carbonyl (C=O) groups excluding carboxylic acids is 1. The van der Waals surface area contributed by atoms with E-state index < -0.39 is 35.1 Å². The molecule has 0 radical (unpaired) electrons. The van der Waals surface area contributed by atoms with Crippen LogP contribution in [0, 0.1) is 0 Å². The molecule has 0 saturated carbocycles. The summed E-state index contributed by atoms with van der Waals surface area (Å²) in [6.45, 7) is 0.671. The number of piperidine rings is 1.